The van der Waals surface area contributed by atoms with Gasteiger partial charge in [0.1, 0.15) is 12.6 Å². The third kappa shape index (κ3) is 3.68. The summed E-state index contributed by atoms with van der Waals surface area (Å²) in [6.07, 6.45) is 3.83. The number of carbonyl (C=O) groups excluding carboxylic acids is 2. The third-order valence-corrected chi connectivity index (χ3v) is 8.55. The van der Waals surface area contributed by atoms with Gasteiger partial charge in [0.25, 0.3) is 0 Å². The first-order valence-corrected chi connectivity index (χ1v) is 12.6. The van der Waals surface area contributed by atoms with Gasteiger partial charge in [-0.25, -0.2) is 9.59 Å². The average molecular weight is 475 g/mol. The van der Waals surface area contributed by atoms with Crippen LogP contribution in [-0.2, 0) is 14.3 Å². The highest BCUT2D eigenvalue weighted by Crippen LogP contribution is 2.64. The minimum atomic E-state index is -0.919. The number of nitrogens with one attached hydrogen (secondary N) is 1. The Bertz CT molecular complexity index is 1150. The Morgan fingerprint density at radius 3 is 2.37 bits per heavy atom. The summed E-state index contributed by atoms with van der Waals surface area (Å²) in [4.78, 5) is 39.3. The van der Waals surface area contributed by atoms with Crippen LogP contribution in [0.2, 0.25) is 0 Å². The molecule has 0 bridgehead atoms. The first-order chi connectivity index (χ1) is 17.0. The van der Waals surface area contributed by atoms with Gasteiger partial charge in [-0.2, -0.15) is 0 Å². The monoisotopic (exact) mass is 474 g/mol. The van der Waals surface area contributed by atoms with E-state index in [1.54, 1.807) is 4.90 Å². The molecule has 0 radical (unpaired) electrons. The van der Waals surface area contributed by atoms with Gasteiger partial charge in [-0.15, -0.1) is 0 Å². The SMILES string of the molecule is O=C(N[C@H]1C[C@@H]2C[C@]2(C(=O)N2CCCCC2C(=O)O)C1)OCC1c2ccccc2-c2ccccc21. The number of benzene rings is 2. The normalized spacial score (nSPS) is 28.6. The number of hydrogen-bond donors (Lipinski definition) is 2. The van der Waals surface area contributed by atoms with Crippen LogP contribution in [0.1, 0.15) is 55.6 Å². The lowest BCUT2D eigenvalue weighted by Gasteiger charge is -2.35. The first kappa shape index (κ1) is 22.1. The molecule has 4 atom stereocenters. The van der Waals surface area contributed by atoms with Crippen LogP contribution in [-0.4, -0.2) is 53.2 Å². The van der Waals surface area contributed by atoms with Crippen LogP contribution in [0.5, 0.6) is 0 Å². The van der Waals surface area contributed by atoms with Crippen LogP contribution < -0.4 is 5.32 Å². The second-order valence-corrected chi connectivity index (χ2v) is 10.5. The van der Waals surface area contributed by atoms with Crippen molar-refractivity contribution in [3.8, 4) is 11.1 Å². The lowest BCUT2D eigenvalue weighted by molar-refractivity contribution is -0.154. The van der Waals surface area contributed by atoms with E-state index < -0.39 is 23.5 Å². The minimum Gasteiger partial charge on any atom is -0.480 e. The maximum absolute atomic E-state index is 13.4. The topological polar surface area (TPSA) is 95.9 Å². The molecule has 2 N–H and O–H groups in total. The summed E-state index contributed by atoms with van der Waals surface area (Å²) < 4.78 is 5.69. The van der Waals surface area contributed by atoms with Crippen molar-refractivity contribution in [1.82, 2.24) is 10.2 Å². The van der Waals surface area contributed by atoms with Crippen molar-refractivity contribution in [3.63, 3.8) is 0 Å². The molecule has 2 aromatic carbocycles. The molecule has 2 aromatic rings. The van der Waals surface area contributed by atoms with E-state index in [4.69, 9.17) is 4.74 Å². The zero-order valence-electron chi connectivity index (χ0n) is 19.6. The Balaban J connectivity index is 1.07. The van der Waals surface area contributed by atoms with Crippen molar-refractivity contribution in [3.05, 3.63) is 59.7 Å². The molecule has 6 rings (SSSR count). The molecule has 3 fully saturated rings. The highest BCUT2D eigenvalue weighted by molar-refractivity contribution is 5.90. The predicted molar refractivity (Wildman–Crippen MR) is 129 cm³/mol. The molecule has 1 saturated heterocycles. The van der Waals surface area contributed by atoms with E-state index in [2.05, 4.69) is 29.6 Å². The van der Waals surface area contributed by atoms with Gasteiger partial charge >= 0.3 is 12.1 Å². The number of hydrogen-bond acceptors (Lipinski definition) is 4. The summed E-state index contributed by atoms with van der Waals surface area (Å²) in [6.45, 7) is 0.767. The van der Waals surface area contributed by atoms with Gasteiger partial charge in [0.2, 0.25) is 5.91 Å². The molecule has 1 unspecified atom stereocenters. The van der Waals surface area contributed by atoms with Crippen LogP contribution >= 0.6 is 0 Å². The first-order valence-electron chi connectivity index (χ1n) is 12.6. The van der Waals surface area contributed by atoms with E-state index >= 15 is 0 Å². The van der Waals surface area contributed by atoms with E-state index in [0.717, 1.165) is 25.7 Å². The fourth-order valence-corrected chi connectivity index (χ4v) is 6.79. The van der Waals surface area contributed by atoms with Crippen LogP contribution in [0.4, 0.5) is 4.79 Å². The van der Waals surface area contributed by atoms with E-state index in [0.29, 0.717) is 19.4 Å². The number of alkyl carbamates (subject to hydrolysis) is 1. The molecule has 7 heteroatoms. The molecule has 0 aromatic heterocycles. The smallest absolute Gasteiger partial charge is 0.407 e. The number of amides is 2. The third-order valence-electron chi connectivity index (χ3n) is 8.55. The Labute approximate surface area is 204 Å². The van der Waals surface area contributed by atoms with E-state index in [-0.39, 0.29) is 30.4 Å². The number of aliphatic carboxylic acids is 1. The van der Waals surface area contributed by atoms with Crippen molar-refractivity contribution in [1.29, 1.82) is 0 Å². The van der Waals surface area contributed by atoms with Crippen LogP contribution in [0.25, 0.3) is 11.1 Å². The van der Waals surface area contributed by atoms with Crippen LogP contribution in [0.15, 0.2) is 48.5 Å². The summed E-state index contributed by atoms with van der Waals surface area (Å²) in [6, 6.07) is 15.6. The van der Waals surface area contributed by atoms with Gasteiger partial charge in [0, 0.05) is 18.5 Å². The van der Waals surface area contributed by atoms with Crippen molar-refractivity contribution >= 4 is 18.0 Å². The molecule has 182 valence electrons. The summed E-state index contributed by atoms with van der Waals surface area (Å²) in [5.41, 5.74) is 4.20. The molecular formula is C28H30N2O5. The maximum atomic E-state index is 13.4. The maximum Gasteiger partial charge on any atom is 0.407 e. The number of likely N-dealkylation sites (tertiary alicyclic amines) is 1. The number of piperidine rings is 1. The number of carbonyl (C=O) groups is 3. The molecule has 7 nitrogen and oxygen atoms in total. The fraction of sp³-hybridized carbons (Fsp3) is 0.464. The highest BCUT2D eigenvalue weighted by Gasteiger charge is 2.66. The number of rotatable bonds is 5. The van der Waals surface area contributed by atoms with Gasteiger partial charge in [-0.3, -0.25) is 4.79 Å². The number of carboxylic acids is 1. The Morgan fingerprint density at radius 1 is 1.00 bits per heavy atom. The second kappa shape index (κ2) is 8.40. The lowest BCUT2D eigenvalue weighted by Crippen LogP contribution is -2.51. The second-order valence-electron chi connectivity index (χ2n) is 10.5. The van der Waals surface area contributed by atoms with Crippen molar-refractivity contribution in [2.24, 2.45) is 11.3 Å². The number of nitrogens with zero attached hydrogens (tertiary/aromatic N) is 1. The molecule has 35 heavy (non-hydrogen) atoms. The highest BCUT2D eigenvalue weighted by atomic mass is 16.5. The molecule has 4 aliphatic rings. The quantitative estimate of drug-likeness (QED) is 0.679. The van der Waals surface area contributed by atoms with Crippen LogP contribution in [0.3, 0.4) is 0 Å². The summed E-state index contributed by atoms with van der Waals surface area (Å²) >= 11 is 0. The summed E-state index contributed by atoms with van der Waals surface area (Å²) in [7, 11) is 0. The summed E-state index contributed by atoms with van der Waals surface area (Å²) in [5, 5.41) is 12.6. The van der Waals surface area contributed by atoms with E-state index in [1.807, 2.05) is 24.3 Å². The molecule has 1 heterocycles. The molecule has 2 saturated carbocycles. The molecule has 2 amide bonds. The molecule has 1 aliphatic heterocycles. The number of ether oxygens (including phenoxy) is 1. The Kier molecular flexibility index (Phi) is 5.31. The average Bonchev–Trinajstić information content (AvgIpc) is 3.30. The number of carboxylic acid groups (broad SMARTS) is 1. The van der Waals surface area contributed by atoms with Crippen molar-refractivity contribution in [2.45, 2.75) is 56.5 Å². The summed E-state index contributed by atoms with van der Waals surface area (Å²) in [5.74, 6) is -0.736. The standard InChI is InChI=1S/C28H30N2O5/c31-25(32)24-11-5-6-12-30(24)26(33)28-14-17(28)13-18(15-28)29-27(34)35-16-23-21-9-3-1-7-19(21)20-8-2-4-10-22(20)23/h1-4,7-10,17-18,23-24H,5-6,11-16H2,(H,29,34)(H,31,32)/t17-,18+,24?,28+/m1/s1. The molecule has 3 aliphatic carbocycles. The van der Waals surface area contributed by atoms with Gasteiger partial charge < -0.3 is 20.1 Å². The number of fused-ring (bicyclic) bond motifs is 4. The molecular weight excluding hydrogens is 444 g/mol. The zero-order chi connectivity index (χ0) is 24.2. The largest absolute Gasteiger partial charge is 0.480 e. The van der Waals surface area contributed by atoms with Gasteiger partial charge in [-0.1, -0.05) is 48.5 Å². The zero-order valence-corrected chi connectivity index (χ0v) is 19.6. The van der Waals surface area contributed by atoms with Crippen molar-refractivity contribution < 1.29 is 24.2 Å². The fourth-order valence-electron chi connectivity index (χ4n) is 6.79. The minimum absolute atomic E-state index is 0.00473. The van der Waals surface area contributed by atoms with E-state index in [1.165, 1.54) is 22.3 Å². The van der Waals surface area contributed by atoms with Gasteiger partial charge in [0.15, 0.2) is 0 Å². The van der Waals surface area contributed by atoms with E-state index in [9.17, 15) is 19.5 Å². The Hall–Kier alpha value is -3.35. The predicted octanol–water partition coefficient (Wildman–Crippen LogP) is 4.16. The van der Waals surface area contributed by atoms with Gasteiger partial charge in [0.05, 0.1) is 5.41 Å². The van der Waals surface area contributed by atoms with Gasteiger partial charge in [-0.05, 0) is 66.7 Å². The van der Waals surface area contributed by atoms with Crippen LogP contribution in [0, 0.1) is 11.3 Å². The molecule has 0 spiro atoms. The lowest BCUT2D eigenvalue weighted by atomic mass is 9.95. The Morgan fingerprint density at radius 2 is 1.69 bits per heavy atom. The van der Waals surface area contributed by atoms with Crippen molar-refractivity contribution in [2.75, 3.05) is 13.2 Å².